The molecule has 1 N–H and O–H groups in total. The van der Waals surface area contributed by atoms with Gasteiger partial charge in [-0.05, 0) is 30.7 Å². The van der Waals surface area contributed by atoms with E-state index in [0.29, 0.717) is 23.3 Å². The molecule has 0 fully saturated rings. The zero-order valence-electron chi connectivity index (χ0n) is 11.6. The molecule has 1 aromatic carbocycles. The third kappa shape index (κ3) is 6.61. The SMILES string of the molecule is COCC(CNCC(C)C)Oc1cc(Br)ccc1Cl. The number of rotatable bonds is 8. The Balaban J connectivity index is 2.58. The second kappa shape index (κ2) is 8.80. The van der Waals surface area contributed by atoms with Gasteiger partial charge in [0.05, 0.1) is 11.6 Å². The standard InChI is InChI=1S/C14H21BrClNO2/c1-10(2)7-17-8-12(9-18-3)19-14-6-11(15)4-5-13(14)16/h4-6,10,12,17H,7-9H2,1-3H3. The lowest BCUT2D eigenvalue weighted by Crippen LogP contribution is -2.36. The molecule has 3 nitrogen and oxygen atoms in total. The van der Waals surface area contributed by atoms with Gasteiger partial charge in [-0.15, -0.1) is 0 Å². The fraction of sp³-hybridized carbons (Fsp3) is 0.571. The third-order valence-corrected chi connectivity index (χ3v) is 3.27. The second-order valence-electron chi connectivity index (χ2n) is 4.82. The van der Waals surface area contributed by atoms with Gasteiger partial charge in [0.2, 0.25) is 0 Å². The van der Waals surface area contributed by atoms with E-state index in [1.54, 1.807) is 7.11 Å². The second-order valence-corrected chi connectivity index (χ2v) is 6.14. The van der Waals surface area contributed by atoms with Gasteiger partial charge in [-0.3, -0.25) is 0 Å². The molecule has 5 heteroatoms. The number of halogens is 2. The summed E-state index contributed by atoms with van der Waals surface area (Å²) in [5, 5.41) is 3.97. The van der Waals surface area contributed by atoms with Crippen molar-refractivity contribution >= 4 is 27.5 Å². The minimum Gasteiger partial charge on any atom is -0.485 e. The average molecular weight is 351 g/mol. The highest BCUT2D eigenvalue weighted by molar-refractivity contribution is 9.10. The molecule has 1 aromatic rings. The van der Waals surface area contributed by atoms with Crippen molar-refractivity contribution in [1.29, 1.82) is 0 Å². The molecule has 1 unspecified atom stereocenters. The number of hydrogen-bond acceptors (Lipinski definition) is 3. The fourth-order valence-electron chi connectivity index (χ4n) is 1.60. The maximum absolute atomic E-state index is 6.12. The van der Waals surface area contributed by atoms with E-state index in [2.05, 4.69) is 35.1 Å². The van der Waals surface area contributed by atoms with Crippen LogP contribution in [0.4, 0.5) is 0 Å². The van der Waals surface area contributed by atoms with Crippen LogP contribution < -0.4 is 10.1 Å². The van der Waals surface area contributed by atoms with Crippen molar-refractivity contribution in [3.63, 3.8) is 0 Å². The summed E-state index contributed by atoms with van der Waals surface area (Å²) in [4.78, 5) is 0. The van der Waals surface area contributed by atoms with Gasteiger partial charge >= 0.3 is 0 Å². The van der Waals surface area contributed by atoms with Crippen molar-refractivity contribution in [3.05, 3.63) is 27.7 Å². The van der Waals surface area contributed by atoms with Crippen LogP contribution in [0.3, 0.4) is 0 Å². The van der Waals surface area contributed by atoms with Crippen molar-refractivity contribution in [1.82, 2.24) is 5.32 Å². The molecule has 0 radical (unpaired) electrons. The summed E-state index contributed by atoms with van der Waals surface area (Å²) in [5.74, 6) is 1.28. The van der Waals surface area contributed by atoms with E-state index in [-0.39, 0.29) is 6.10 Å². The summed E-state index contributed by atoms with van der Waals surface area (Å²) >= 11 is 9.53. The predicted octanol–water partition coefficient (Wildman–Crippen LogP) is 3.74. The molecule has 0 saturated heterocycles. The van der Waals surface area contributed by atoms with Gasteiger partial charge in [-0.2, -0.15) is 0 Å². The molecule has 1 rings (SSSR count). The van der Waals surface area contributed by atoms with E-state index in [1.165, 1.54) is 0 Å². The Morgan fingerprint density at radius 1 is 1.32 bits per heavy atom. The Morgan fingerprint density at radius 2 is 2.05 bits per heavy atom. The minimum atomic E-state index is -0.0597. The number of ether oxygens (including phenoxy) is 2. The molecule has 0 aliphatic rings. The van der Waals surface area contributed by atoms with Crippen LogP contribution in [0, 0.1) is 5.92 Å². The van der Waals surface area contributed by atoms with Crippen molar-refractivity contribution < 1.29 is 9.47 Å². The summed E-state index contributed by atoms with van der Waals surface area (Å²) < 4.78 is 12.0. The highest BCUT2D eigenvalue weighted by Crippen LogP contribution is 2.28. The predicted molar refractivity (Wildman–Crippen MR) is 83.2 cm³/mol. The molecule has 0 amide bonds. The Hall–Kier alpha value is -0.290. The number of methoxy groups -OCH3 is 1. The molecule has 19 heavy (non-hydrogen) atoms. The van der Waals surface area contributed by atoms with Gasteiger partial charge in [0, 0.05) is 18.1 Å². The van der Waals surface area contributed by atoms with Crippen LogP contribution in [-0.4, -0.2) is 32.9 Å². The first-order valence-corrected chi connectivity index (χ1v) is 7.51. The molecular formula is C14H21BrClNO2. The van der Waals surface area contributed by atoms with Crippen LogP contribution in [0.15, 0.2) is 22.7 Å². The smallest absolute Gasteiger partial charge is 0.139 e. The van der Waals surface area contributed by atoms with Gasteiger partial charge < -0.3 is 14.8 Å². The summed E-state index contributed by atoms with van der Waals surface area (Å²) in [5.41, 5.74) is 0. The van der Waals surface area contributed by atoms with E-state index in [1.807, 2.05) is 18.2 Å². The zero-order chi connectivity index (χ0) is 14.3. The molecule has 0 aliphatic carbocycles. The normalized spacial score (nSPS) is 12.7. The maximum Gasteiger partial charge on any atom is 0.139 e. The molecule has 1 atom stereocenters. The third-order valence-electron chi connectivity index (χ3n) is 2.46. The Bertz CT molecular complexity index is 388. The monoisotopic (exact) mass is 349 g/mol. The highest BCUT2D eigenvalue weighted by atomic mass is 79.9. The van der Waals surface area contributed by atoms with Crippen LogP contribution in [0.2, 0.25) is 5.02 Å². The summed E-state index contributed by atoms with van der Waals surface area (Å²) in [6, 6.07) is 5.57. The van der Waals surface area contributed by atoms with E-state index in [4.69, 9.17) is 21.1 Å². The van der Waals surface area contributed by atoms with Crippen molar-refractivity contribution in [2.75, 3.05) is 26.8 Å². The van der Waals surface area contributed by atoms with Gasteiger partial charge in [-0.1, -0.05) is 41.4 Å². The molecule has 0 heterocycles. The summed E-state index contributed by atoms with van der Waals surface area (Å²) in [6.45, 7) is 6.55. The lowest BCUT2D eigenvalue weighted by molar-refractivity contribution is 0.0802. The first kappa shape index (κ1) is 16.8. The van der Waals surface area contributed by atoms with Crippen molar-refractivity contribution in [2.24, 2.45) is 5.92 Å². The lowest BCUT2D eigenvalue weighted by Gasteiger charge is -2.20. The zero-order valence-corrected chi connectivity index (χ0v) is 13.9. The quantitative estimate of drug-likeness (QED) is 0.774. The molecule has 0 saturated carbocycles. The van der Waals surface area contributed by atoms with Crippen molar-refractivity contribution in [2.45, 2.75) is 20.0 Å². The highest BCUT2D eigenvalue weighted by Gasteiger charge is 2.13. The van der Waals surface area contributed by atoms with Gasteiger partial charge in [-0.25, -0.2) is 0 Å². The van der Waals surface area contributed by atoms with Crippen LogP contribution in [0.5, 0.6) is 5.75 Å². The van der Waals surface area contributed by atoms with Gasteiger partial charge in [0.15, 0.2) is 0 Å². The number of nitrogens with one attached hydrogen (secondary N) is 1. The van der Waals surface area contributed by atoms with E-state index in [0.717, 1.165) is 17.6 Å². The Morgan fingerprint density at radius 3 is 2.68 bits per heavy atom. The summed E-state index contributed by atoms with van der Waals surface area (Å²) in [7, 11) is 1.67. The minimum absolute atomic E-state index is 0.0597. The van der Waals surface area contributed by atoms with Crippen LogP contribution in [-0.2, 0) is 4.74 Å². The average Bonchev–Trinajstić information content (AvgIpc) is 2.33. The first-order valence-electron chi connectivity index (χ1n) is 6.34. The van der Waals surface area contributed by atoms with E-state index < -0.39 is 0 Å². The van der Waals surface area contributed by atoms with Crippen molar-refractivity contribution in [3.8, 4) is 5.75 Å². The maximum atomic E-state index is 6.12. The fourth-order valence-corrected chi connectivity index (χ4v) is 2.10. The van der Waals surface area contributed by atoms with Crippen LogP contribution in [0.25, 0.3) is 0 Å². The largest absolute Gasteiger partial charge is 0.485 e. The molecule has 0 aliphatic heterocycles. The topological polar surface area (TPSA) is 30.5 Å². The molecular weight excluding hydrogens is 330 g/mol. The molecule has 108 valence electrons. The lowest BCUT2D eigenvalue weighted by atomic mass is 10.2. The van der Waals surface area contributed by atoms with Gasteiger partial charge in [0.25, 0.3) is 0 Å². The Labute approximate surface area is 128 Å². The van der Waals surface area contributed by atoms with E-state index >= 15 is 0 Å². The molecule has 0 spiro atoms. The first-order chi connectivity index (χ1) is 9.02. The Kier molecular flexibility index (Phi) is 7.76. The van der Waals surface area contributed by atoms with Crippen LogP contribution >= 0.6 is 27.5 Å². The van der Waals surface area contributed by atoms with Crippen LogP contribution in [0.1, 0.15) is 13.8 Å². The molecule has 0 aromatic heterocycles. The molecule has 0 bridgehead atoms. The number of hydrogen-bond donors (Lipinski definition) is 1. The number of benzene rings is 1. The summed E-state index contributed by atoms with van der Waals surface area (Å²) in [6.07, 6.45) is -0.0597. The van der Waals surface area contributed by atoms with E-state index in [9.17, 15) is 0 Å². The van der Waals surface area contributed by atoms with Gasteiger partial charge in [0.1, 0.15) is 11.9 Å².